The molecule has 78 valence electrons. The molecule has 6 heteroatoms. The molecule has 0 aliphatic carbocycles. The predicted molar refractivity (Wildman–Crippen MR) is 40.3 cm³/mol. The van der Waals surface area contributed by atoms with Gasteiger partial charge in [-0.05, 0) is 6.42 Å². The number of carbonyl (C=O) groups excluding carboxylic acids is 1. The maximum absolute atomic E-state index is 11.6. The van der Waals surface area contributed by atoms with Crippen molar-refractivity contribution in [2.24, 2.45) is 0 Å². The number of amides is 1. The van der Waals surface area contributed by atoms with Gasteiger partial charge in [-0.2, -0.15) is 13.2 Å². The van der Waals surface area contributed by atoms with Crippen LogP contribution in [0.3, 0.4) is 0 Å². The van der Waals surface area contributed by atoms with Gasteiger partial charge in [-0.25, -0.2) is 4.79 Å². The zero-order chi connectivity index (χ0) is 10.3. The standard InChI is InChI=1S/C7H12F3NO2/c1-2-5-13-6(12)11-4-3-7(8,9)10/h2-5H2,1H3,(H,11,12). The summed E-state index contributed by atoms with van der Waals surface area (Å²) in [6, 6.07) is 0. The smallest absolute Gasteiger partial charge is 0.407 e. The van der Waals surface area contributed by atoms with Crippen molar-refractivity contribution in [3.05, 3.63) is 0 Å². The average molecular weight is 199 g/mol. The Balaban J connectivity index is 3.37. The first kappa shape index (κ1) is 12.1. The first-order valence-electron chi connectivity index (χ1n) is 3.93. The third kappa shape index (κ3) is 8.97. The largest absolute Gasteiger partial charge is 0.450 e. The first-order valence-corrected chi connectivity index (χ1v) is 3.93. The second kappa shape index (κ2) is 5.66. The highest BCUT2D eigenvalue weighted by molar-refractivity contribution is 5.66. The highest BCUT2D eigenvalue weighted by Gasteiger charge is 2.26. The van der Waals surface area contributed by atoms with Gasteiger partial charge in [0.25, 0.3) is 0 Å². The molecular weight excluding hydrogens is 187 g/mol. The van der Waals surface area contributed by atoms with Gasteiger partial charge in [-0.15, -0.1) is 0 Å². The van der Waals surface area contributed by atoms with Gasteiger partial charge in [-0.1, -0.05) is 6.92 Å². The van der Waals surface area contributed by atoms with Crippen LogP contribution in [0.4, 0.5) is 18.0 Å². The molecule has 0 atom stereocenters. The molecular formula is C7H12F3NO2. The lowest BCUT2D eigenvalue weighted by Gasteiger charge is -2.07. The molecule has 0 saturated carbocycles. The van der Waals surface area contributed by atoms with E-state index in [1.54, 1.807) is 6.92 Å². The number of hydrogen-bond donors (Lipinski definition) is 1. The van der Waals surface area contributed by atoms with Crippen molar-refractivity contribution in [2.45, 2.75) is 25.9 Å². The minimum absolute atomic E-state index is 0.220. The van der Waals surface area contributed by atoms with E-state index < -0.39 is 25.2 Å². The van der Waals surface area contributed by atoms with Gasteiger partial charge in [-0.3, -0.25) is 0 Å². The Hall–Kier alpha value is -0.940. The van der Waals surface area contributed by atoms with Crippen molar-refractivity contribution < 1.29 is 22.7 Å². The molecule has 1 N–H and O–H groups in total. The number of halogens is 3. The normalized spacial score (nSPS) is 11.1. The third-order valence-electron chi connectivity index (χ3n) is 1.12. The fraction of sp³-hybridized carbons (Fsp3) is 0.857. The van der Waals surface area contributed by atoms with Gasteiger partial charge >= 0.3 is 12.3 Å². The van der Waals surface area contributed by atoms with Crippen LogP contribution in [0, 0.1) is 0 Å². The monoisotopic (exact) mass is 199 g/mol. The summed E-state index contributed by atoms with van der Waals surface area (Å²) in [5, 5.41) is 1.99. The minimum Gasteiger partial charge on any atom is -0.450 e. The zero-order valence-electron chi connectivity index (χ0n) is 7.28. The lowest BCUT2D eigenvalue weighted by atomic mass is 10.4. The van der Waals surface area contributed by atoms with Crippen LogP contribution < -0.4 is 5.32 Å². The van der Waals surface area contributed by atoms with E-state index in [-0.39, 0.29) is 6.61 Å². The lowest BCUT2D eigenvalue weighted by molar-refractivity contribution is -0.133. The number of carbonyl (C=O) groups is 1. The summed E-state index contributed by atoms with van der Waals surface area (Å²) >= 11 is 0. The van der Waals surface area contributed by atoms with Crippen molar-refractivity contribution in [3.8, 4) is 0 Å². The highest BCUT2D eigenvalue weighted by atomic mass is 19.4. The summed E-state index contributed by atoms with van der Waals surface area (Å²) in [6.07, 6.45) is -5.43. The minimum atomic E-state index is -4.24. The summed E-state index contributed by atoms with van der Waals surface area (Å²) in [6.45, 7) is 1.58. The molecule has 0 aromatic heterocycles. The predicted octanol–water partition coefficient (Wildman–Crippen LogP) is 2.08. The Labute approximate surface area is 74.3 Å². The van der Waals surface area contributed by atoms with Crippen molar-refractivity contribution in [3.63, 3.8) is 0 Å². The fourth-order valence-corrected chi connectivity index (χ4v) is 0.552. The molecule has 0 radical (unpaired) electrons. The summed E-state index contributed by atoms with van der Waals surface area (Å²) in [5.41, 5.74) is 0. The molecule has 1 amide bonds. The highest BCUT2D eigenvalue weighted by Crippen LogP contribution is 2.17. The van der Waals surface area contributed by atoms with Crippen LogP contribution in [0.15, 0.2) is 0 Å². The van der Waals surface area contributed by atoms with Crippen molar-refractivity contribution in [2.75, 3.05) is 13.2 Å². The van der Waals surface area contributed by atoms with Gasteiger partial charge < -0.3 is 10.1 Å². The molecule has 0 aromatic carbocycles. The molecule has 0 rings (SSSR count). The molecule has 3 nitrogen and oxygen atoms in total. The maximum Gasteiger partial charge on any atom is 0.407 e. The molecule has 0 heterocycles. The van der Waals surface area contributed by atoms with E-state index in [0.29, 0.717) is 6.42 Å². The molecule has 13 heavy (non-hydrogen) atoms. The van der Waals surface area contributed by atoms with Gasteiger partial charge in [0.2, 0.25) is 0 Å². The molecule has 0 unspecified atom stereocenters. The SMILES string of the molecule is CCCOC(=O)NCCC(F)(F)F. The molecule has 0 fully saturated rings. The molecule has 0 bridgehead atoms. The van der Waals surface area contributed by atoms with Crippen molar-refractivity contribution in [1.29, 1.82) is 0 Å². The number of nitrogens with one attached hydrogen (secondary N) is 1. The Kier molecular flexibility index (Phi) is 5.25. The van der Waals surface area contributed by atoms with Crippen LogP contribution in [-0.4, -0.2) is 25.4 Å². The number of ether oxygens (including phenoxy) is 1. The molecule has 0 spiro atoms. The van der Waals surface area contributed by atoms with Crippen LogP contribution in [0.1, 0.15) is 19.8 Å². The maximum atomic E-state index is 11.6. The summed E-state index contributed by atoms with van der Waals surface area (Å²) < 4.78 is 39.2. The lowest BCUT2D eigenvalue weighted by Crippen LogP contribution is -2.28. The van der Waals surface area contributed by atoms with E-state index in [1.165, 1.54) is 0 Å². The van der Waals surface area contributed by atoms with Crippen LogP contribution in [0.5, 0.6) is 0 Å². The average Bonchev–Trinajstić information content (AvgIpc) is 1.98. The Morgan fingerprint density at radius 1 is 1.46 bits per heavy atom. The molecule has 0 aromatic rings. The van der Waals surface area contributed by atoms with E-state index in [2.05, 4.69) is 4.74 Å². The fourth-order valence-electron chi connectivity index (χ4n) is 0.552. The molecule has 0 aliphatic heterocycles. The molecule has 0 saturated heterocycles. The van der Waals surface area contributed by atoms with Gasteiger partial charge in [0.05, 0.1) is 13.0 Å². The summed E-state index contributed by atoms with van der Waals surface area (Å²) in [5.74, 6) is 0. The number of hydrogen-bond acceptors (Lipinski definition) is 2. The zero-order valence-corrected chi connectivity index (χ0v) is 7.28. The van der Waals surface area contributed by atoms with E-state index in [1.807, 2.05) is 5.32 Å². The summed E-state index contributed by atoms with van der Waals surface area (Å²) in [7, 11) is 0. The van der Waals surface area contributed by atoms with E-state index in [0.717, 1.165) is 0 Å². The second-order valence-corrected chi connectivity index (χ2v) is 2.43. The Morgan fingerprint density at radius 2 is 2.08 bits per heavy atom. The first-order chi connectivity index (χ1) is 5.95. The number of alkyl carbamates (subject to hydrolysis) is 1. The summed E-state index contributed by atoms with van der Waals surface area (Å²) in [4.78, 5) is 10.6. The van der Waals surface area contributed by atoms with Crippen LogP contribution >= 0.6 is 0 Å². The van der Waals surface area contributed by atoms with Crippen molar-refractivity contribution in [1.82, 2.24) is 5.32 Å². The topological polar surface area (TPSA) is 38.3 Å². The van der Waals surface area contributed by atoms with E-state index in [9.17, 15) is 18.0 Å². The van der Waals surface area contributed by atoms with Gasteiger partial charge in [0.15, 0.2) is 0 Å². The van der Waals surface area contributed by atoms with Crippen LogP contribution in [0.2, 0.25) is 0 Å². The van der Waals surface area contributed by atoms with Crippen molar-refractivity contribution >= 4 is 6.09 Å². The van der Waals surface area contributed by atoms with Crippen LogP contribution in [0.25, 0.3) is 0 Å². The number of alkyl halides is 3. The molecule has 0 aliphatic rings. The number of rotatable bonds is 4. The van der Waals surface area contributed by atoms with E-state index in [4.69, 9.17) is 0 Å². The van der Waals surface area contributed by atoms with Gasteiger partial charge in [0, 0.05) is 6.54 Å². The third-order valence-corrected chi connectivity index (χ3v) is 1.12. The van der Waals surface area contributed by atoms with Crippen LogP contribution in [-0.2, 0) is 4.74 Å². The van der Waals surface area contributed by atoms with Gasteiger partial charge in [0.1, 0.15) is 0 Å². The Bertz CT molecular complexity index is 158. The quantitative estimate of drug-likeness (QED) is 0.752. The second-order valence-electron chi connectivity index (χ2n) is 2.43. The Morgan fingerprint density at radius 3 is 2.54 bits per heavy atom. The van der Waals surface area contributed by atoms with E-state index >= 15 is 0 Å².